The predicted octanol–water partition coefficient (Wildman–Crippen LogP) is 3.46. The Bertz CT molecular complexity index is 615. The van der Waals surface area contributed by atoms with Gasteiger partial charge in [-0.3, -0.25) is 0 Å². The summed E-state index contributed by atoms with van der Waals surface area (Å²) in [5.41, 5.74) is 0.704. The van der Waals surface area contributed by atoms with Gasteiger partial charge in [-0.15, -0.1) is 0 Å². The van der Waals surface area contributed by atoms with Crippen molar-refractivity contribution in [3.05, 3.63) is 0 Å². The largest absolute Gasteiger partial charge is 0.453 e. The molecule has 0 aromatic carbocycles. The summed E-state index contributed by atoms with van der Waals surface area (Å²) in [6.45, 7) is 2.11. The van der Waals surface area contributed by atoms with Crippen LogP contribution in [0.15, 0.2) is 5.16 Å². The van der Waals surface area contributed by atoms with Gasteiger partial charge in [0.15, 0.2) is 15.1 Å². The fraction of sp³-hybridized carbons (Fsp3) is 0.857. The quantitative estimate of drug-likeness (QED) is 0.493. The number of nitrogens with zero attached hydrogens (tertiary/aromatic N) is 2. The Labute approximate surface area is 142 Å². The molecule has 0 N–H and O–H groups in total. The summed E-state index contributed by atoms with van der Waals surface area (Å²) in [4.78, 5) is 4.89. The van der Waals surface area contributed by atoms with Crippen LogP contribution < -0.4 is 0 Å². The summed E-state index contributed by atoms with van der Waals surface area (Å²) in [6.07, 6.45) is -6.38. The van der Waals surface area contributed by atoms with Gasteiger partial charge in [0, 0.05) is 6.42 Å². The van der Waals surface area contributed by atoms with Crippen molar-refractivity contribution < 1.29 is 35.2 Å². The van der Waals surface area contributed by atoms with Crippen LogP contribution in [0.25, 0.3) is 0 Å². The minimum atomic E-state index is -5.82. The highest BCUT2D eigenvalue weighted by Crippen LogP contribution is 2.39. The van der Waals surface area contributed by atoms with Crippen molar-refractivity contribution in [2.75, 3.05) is 12.4 Å². The maximum atomic E-state index is 12.9. The highest BCUT2D eigenvalue weighted by Gasteiger charge is 2.57. The van der Waals surface area contributed by atoms with Gasteiger partial charge in [-0.25, -0.2) is 8.42 Å². The Kier molecular flexibility index (Phi) is 7.17. The van der Waals surface area contributed by atoms with Crippen LogP contribution in [-0.2, 0) is 14.7 Å². The smallest absolute Gasteiger partial charge is 0.396 e. The molecular weight excluding hydrogens is 371 g/mol. The second-order valence-electron chi connectivity index (χ2n) is 5.78. The van der Waals surface area contributed by atoms with Gasteiger partial charge >= 0.3 is 12.1 Å². The van der Waals surface area contributed by atoms with E-state index in [1.807, 2.05) is 0 Å². The first kappa shape index (κ1) is 21.6. The number of alkyl halides is 5. The summed E-state index contributed by atoms with van der Waals surface area (Å²) < 4.78 is 86.6. The van der Waals surface area contributed by atoms with E-state index in [1.165, 1.54) is 0 Å². The van der Waals surface area contributed by atoms with Crippen LogP contribution in [-0.4, -0.2) is 43.8 Å². The van der Waals surface area contributed by atoms with Gasteiger partial charge in [0.05, 0.1) is 17.5 Å². The summed E-state index contributed by atoms with van der Waals surface area (Å²) in [6, 6.07) is 1.56. The zero-order valence-electron chi connectivity index (χ0n) is 13.5. The number of nitriles is 1. The Balaban J connectivity index is 2.75. The Morgan fingerprint density at radius 2 is 1.84 bits per heavy atom. The molecule has 1 rings (SSSR count). The van der Waals surface area contributed by atoms with Crippen molar-refractivity contribution in [2.45, 2.75) is 56.4 Å². The molecule has 1 saturated carbocycles. The molecule has 0 saturated heterocycles. The van der Waals surface area contributed by atoms with Crippen LogP contribution in [0.5, 0.6) is 0 Å². The average Bonchev–Trinajstić information content (AvgIpc) is 2.52. The SMILES string of the molecule is CCON=C1CCC(C(C#N)S(=O)(=O)CCC(F)(F)C(F)(F)F)CC1. The van der Waals surface area contributed by atoms with Crippen molar-refractivity contribution in [1.29, 1.82) is 5.26 Å². The second kappa shape index (κ2) is 8.29. The fourth-order valence-corrected chi connectivity index (χ4v) is 4.36. The van der Waals surface area contributed by atoms with E-state index in [1.54, 1.807) is 13.0 Å². The van der Waals surface area contributed by atoms with Crippen LogP contribution >= 0.6 is 0 Å². The number of sulfone groups is 1. The van der Waals surface area contributed by atoms with Gasteiger partial charge in [0.1, 0.15) is 6.61 Å². The van der Waals surface area contributed by atoms with E-state index in [9.17, 15) is 30.4 Å². The van der Waals surface area contributed by atoms with Crippen molar-refractivity contribution in [3.63, 3.8) is 0 Å². The molecule has 11 heteroatoms. The molecule has 0 aromatic heterocycles. The molecule has 1 atom stereocenters. The maximum absolute atomic E-state index is 12.9. The van der Waals surface area contributed by atoms with Gasteiger partial charge in [-0.2, -0.15) is 27.2 Å². The molecule has 5 nitrogen and oxygen atoms in total. The van der Waals surface area contributed by atoms with Gasteiger partial charge < -0.3 is 4.84 Å². The molecule has 0 radical (unpaired) electrons. The van der Waals surface area contributed by atoms with Crippen molar-refractivity contribution in [3.8, 4) is 6.07 Å². The minimum absolute atomic E-state index is 0.277. The van der Waals surface area contributed by atoms with Gasteiger partial charge in [-0.1, -0.05) is 5.16 Å². The first-order chi connectivity index (χ1) is 11.4. The van der Waals surface area contributed by atoms with Gasteiger partial charge in [0.2, 0.25) is 0 Å². The molecule has 25 heavy (non-hydrogen) atoms. The highest BCUT2D eigenvalue weighted by molar-refractivity contribution is 7.92. The van der Waals surface area contributed by atoms with E-state index < -0.39 is 45.3 Å². The minimum Gasteiger partial charge on any atom is -0.396 e. The molecular formula is C14H19F5N2O3S. The first-order valence-corrected chi connectivity index (χ1v) is 9.39. The van der Waals surface area contributed by atoms with Crippen LogP contribution in [0, 0.1) is 17.2 Å². The number of rotatable bonds is 7. The zero-order chi connectivity index (χ0) is 19.3. The topological polar surface area (TPSA) is 79.5 Å². The number of hydrogen-bond acceptors (Lipinski definition) is 5. The molecule has 1 aliphatic rings. The number of hydrogen-bond donors (Lipinski definition) is 0. The molecule has 144 valence electrons. The Hall–Kier alpha value is -1.44. The van der Waals surface area contributed by atoms with E-state index in [-0.39, 0.29) is 12.8 Å². The molecule has 0 heterocycles. The van der Waals surface area contributed by atoms with Crippen LogP contribution in [0.4, 0.5) is 22.0 Å². The fourth-order valence-electron chi connectivity index (χ4n) is 2.54. The third-order valence-corrected chi connectivity index (χ3v) is 6.03. The Morgan fingerprint density at radius 3 is 2.28 bits per heavy atom. The summed E-state index contributed by atoms with van der Waals surface area (Å²) in [5.74, 6) is -7.13. The van der Waals surface area contributed by atoms with E-state index in [2.05, 4.69) is 5.16 Å². The molecule has 0 amide bonds. The van der Waals surface area contributed by atoms with Crippen LogP contribution in [0.2, 0.25) is 0 Å². The van der Waals surface area contributed by atoms with Gasteiger partial charge in [0.25, 0.3) is 0 Å². The lowest BCUT2D eigenvalue weighted by molar-refractivity contribution is -0.282. The standard InChI is InChI=1S/C14H19F5N2O3S/c1-2-24-21-11-5-3-10(4-6-11)12(9-20)25(22,23)8-7-13(15,16)14(17,18)19/h10,12H,2-8H2,1H3. The lowest BCUT2D eigenvalue weighted by Crippen LogP contribution is -2.40. The third kappa shape index (κ3) is 5.80. The zero-order valence-corrected chi connectivity index (χ0v) is 14.3. The third-order valence-electron chi connectivity index (χ3n) is 3.99. The molecule has 0 aromatic rings. The summed E-state index contributed by atoms with van der Waals surface area (Å²) in [5, 5.41) is 11.3. The van der Waals surface area contributed by atoms with Gasteiger partial charge in [-0.05, 0) is 38.5 Å². The van der Waals surface area contributed by atoms with Crippen LogP contribution in [0.1, 0.15) is 39.0 Å². The van der Waals surface area contributed by atoms with E-state index in [0.717, 1.165) is 0 Å². The molecule has 1 aliphatic carbocycles. The lowest BCUT2D eigenvalue weighted by atomic mass is 9.86. The second-order valence-corrected chi connectivity index (χ2v) is 8.02. The average molecular weight is 390 g/mol. The normalized spacial score (nSPS) is 20.7. The first-order valence-electron chi connectivity index (χ1n) is 7.68. The number of oxime groups is 1. The summed E-state index contributed by atoms with van der Waals surface area (Å²) >= 11 is 0. The molecule has 0 aliphatic heterocycles. The molecule has 1 fully saturated rings. The van der Waals surface area contributed by atoms with Crippen molar-refractivity contribution in [2.24, 2.45) is 11.1 Å². The molecule has 1 unspecified atom stereocenters. The molecule has 0 spiro atoms. The highest BCUT2D eigenvalue weighted by atomic mass is 32.2. The van der Waals surface area contributed by atoms with E-state index in [4.69, 9.17) is 10.1 Å². The molecule has 0 bridgehead atoms. The maximum Gasteiger partial charge on any atom is 0.453 e. The van der Waals surface area contributed by atoms with Crippen LogP contribution in [0.3, 0.4) is 0 Å². The van der Waals surface area contributed by atoms with Crippen molar-refractivity contribution >= 4 is 15.5 Å². The summed E-state index contributed by atoms with van der Waals surface area (Å²) in [7, 11) is -4.41. The monoisotopic (exact) mass is 390 g/mol. The van der Waals surface area contributed by atoms with E-state index >= 15 is 0 Å². The van der Waals surface area contributed by atoms with E-state index in [0.29, 0.717) is 25.2 Å². The number of halogens is 5. The van der Waals surface area contributed by atoms with Crippen molar-refractivity contribution in [1.82, 2.24) is 0 Å². The lowest BCUT2D eigenvalue weighted by Gasteiger charge is -2.27. The predicted molar refractivity (Wildman–Crippen MR) is 79.8 cm³/mol. The Morgan fingerprint density at radius 1 is 1.28 bits per heavy atom.